The van der Waals surface area contributed by atoms with Gasteiger partial charge in [0.2, 0.25) is 0 Å². The molecule has 3 rings (SSSR count). The van der Waals surface area contributed by atoms with Crippen LogP contribution in [-0.2, 0) is 12.7 Å². The number of hydrogen-bond acceptors (Lipinski definition) is 3. The highest BCUT2D eigenvalue weighted by Crippen LogP contribution is 2.34. The Kier molecular flexibility index (Phi) is 5.17. The van der Waals surface area contributed by atoms with E-state index in [9.17, 15) is 18.0 Å². The van der Waals surface area contributed by atoms with Gasteiger partial charge in [-0.2, -0.15) is 13.2 Å². The van der Waals surface area contributed by atoms with Gasteiger partial charge in [-0.05, 0) is 23.8 Å². The first kappa shape index (κ1) is 19.3. The van der Waals surface area contributed by atoms with E-state index in [2.05, 4.69) is 4.98 Å². The largest absolute Gasteiger partial charge is 0.435 e. The topological polar surface area (TPSA) is 60.9 Å². The maximum Gasteiger partial charge on any atom is 0.435 e. The highest BCUT2D eigenvalue weighted by atomic mass is 35.5. The first-order valence-corrected chi connectivity index (χ1v) is 8.41. The van der Waals surface area contributed by atoms with Crippen molar-refractivity contribution in [3.8, 4) is 11.4 Å². The van der Waals surface area contributed by atoms with Crippen LogP contribution < -0.4 is 11.3 Å². The molecule has 2 aromatic carbocycles. The lowest BCUT2D eigenvalue weighted by Gasteiger charge is -2.17. The molecule has 0 saturated heterocycles. The van der Waals surface area contributed by atoms with Crippen LogP contribution in [0.2, 0.25) is 10.0 Å². The molecule has 2 N–H and O–H groups in total. The molecule has 0 aliphatic heterocycles. The zero-order valence-electron chi connectivity index (χ0n) is 13.6. The lowest BCUT2D eigenvalue weighted by atomic mass is 10.1. The number of hydrogen-bond donors (Lipinski definition) is 1. The van der Waals surface area contributed by atoms with E-state index in [0.29, 0.717) is 10.6 Å². The number of alkyl halides is 3. The maximum atomic E-state index is 13.3. The van der Waals surface area contributed by atoms with Gasteiger partial charge in [-0.25, -0.2) is 4.98 Å². The smallest absolute Gasteiger partial charge is 0.392 e. The summed E-state index contributed by atoms with van der Waals surface area (Å²) in [4.78, 5) is 16.3. The van der Waals surface area contributed by atoms with E-state index in [1.807, 2.05) is 0 Å². The minimum absolute atomic E-state index is 0.0245. The van der Waals surface area contributed by atoms with Crippen molar-refractivity contribution in [2.75, 3.05) is 5.73 Å². The molecule has 3 aromatic rings. The van der Waals surface area contributed by atoms with Gasteiger partial charge >= 0.3 is 6.18 Å². The predicted octanol–water partition coefficient (Wildman–Crippen LogP) is 4.87. The third-order valence-corrected chi connectivity index (χ3v) is 4.38. The quantitative estimate of drug-likeness (QED) is 0.666. The van der Waals surface area contributed by atoms with Gasteiger partial charge in [0.05, 0.1) is 11.6 Å². The second kappa shape index (κ2) is 7.25. The molecule has 0 saturated carbocycles. The minimum Gasteiger partial charge on any atom is -0.392 e. The zero-order valence-corrected chi connectivity index (χ0v) is 15.1. The summed E-state index contributed by atoms with van der Waals surface area (Å²) in [5.41, 5.74) is 2.88. The van der Waals surface area contributed by atoms with Gasteiger partial charge in [-0.15, -0.1) is 0 Å². The van der Waals surface area contributed by atoms with Gasteiger partial charge in [0.25, 0.3) is 5.56 Å². The van der Waals surface area contributed by atoms with Crippen LogP contribution in [0.15, 0.2) is 53.3 Å². The van der Waals surface area contributed by atoms with E-state index in [-0.39, 0.29) is 23.0 Å². The van der Waals surface area contributed by atoms with E-state index >= 15 is 0 Å². The monoisotopic (exact) mass is 413 g/mol. The normalized spacial score (nSPS) is 11.6. The van der Waals surface area contributed by atoms with Crippen molar-refractivity contribution in [1.29, 1.82) is 0 Å². The number of nitrogens with two attached hydrogens (primary N) is 1. The van der Waals surface area contributed by atoms with E-state index in [1.165, 1.54) is 18.2 Å². The van der Waals surface area contributed by atoms with Crippen molar-refractivity contribution in [1.82, 2.24) is 9.55 Å². The Labute approximate surface area is 162 Å². The highest BCUT2D eigenvalue weighted by Gasteiger charge is 2.38. The number of nitrogen functional groups attached to an aromatic ring is 1. The molecule has 0 atom stereocenters. The van der Waals surface area contributed by atoms with Crippen molar-refractivity contribution in [3.63, 3.8) is 0 Å². The maximum absolute atomic E-state index is 13.3. The van der Waals surface area contributed by atoms with Crippen LogP contribution in [0.25, 0.3) is 11.4 Å². The van der Waals surface area contributed by atoms with Gasteiger partial charge in [0.1, 0.15) is 11.5 Å². The van der Waals surface area contributed by atoms with Crippen LogP contribution in [0.1, 0.15) is 11.3 Å². The van der Waals surface area contributed by atoms with Gasteiger partial charge in [0, 0.05) is 10.6 Å². The summed E-state index contributed by atoms with van der Waals surface area (Å²) >= 11 is 12.0. The van der Waals surface area contributed by atoms with Crippen molar-refractivity contribution in [2.45, 2.75) is 12.7 Å². The standard InChI is InChI=1S/C18H12Cl2F3N3O/c19-11-6-7-12(13(20)8-11)16-25-15(18(21,22)23)14(24)17(27)26(16)9-10-4-2-1-3-5-10/h1-8H,9,24H2. The Morgan fingerprint density at radius 3 is 2.33 bits per heavy atom. The van der Waals surface area contributed by atoms with Crippen LogP contribution in [0.5, 0.6) is 0 Å². The van der Waals surface area contributed by atoms with Crippen LogP contribution >= 0.6 is 23.2 Å². The molecule has 0 aliphatic carbocycles. The molecule has 0 radical (unpaired) electrons. The first-order valence-electron chi connectivity index (χ1n) is 7.65. The van der Waals surface area contributed by atoms with E-state index in [1.54, 1.807) is 30.3 Å². The second-order valence-electron chi connectivity index (χ2n) is 5.70. The minimum atomic E-state index is -4.89. The van der Waals surface area contributed by atoms with Gasteiger partial charge in [0.15, 0.2) is 5.69 Å². The lowest BCUT2D eigenvalue weighted by molar-refractivity contribution is -0.140. The summed E-state index contributed by atoms with van der Waals surface area (Å²) in [7, 11) is 0. The van der Waals surface area contributed by atoms with Crippen molar-refractivity contribution >= 4 is 28.9 Å². The molecule has 1 heterocycles. The summed E-state index contributed by atoms with van der Waals surface area (Å²) in [5, 5.41) is 0.362. The van der Waals surface area contributed by atoms with Gasteiger partial charge in [-0.3, -0.25) is 9.36 Å². The van der Waals surface area contributed by atoms with Crippen LogP contribution in [0.4, 0.5) is 18.9 Å². The zero-order chi connectivity index (χ0) is 19.8. The lowest BCUT2D eigenvalue weighted by Crippen LogP contribution is -2.30. The molecule has 140 valence electrons. The van der Waals surface area contributed by atoms with E-state index in [4.69, 9.17) is 28.9 Å². The Balaban J connectivity index is 2.31. The third kappa shape index (κ3) is 3.94. The van der Waals surface area contributed by atoms with Crippen LogP contribution in [-0.4, -0.2) is 9.55 Å². The van der Waals surface area contributed by atoms with E-state index < -0.39 is 23.1 Å². The summed E-state index contributed by atoms with van der Waals surface area (Å²) < 4.78 is 41.0. The molecule has 0 unspecified atom stereocenters. The number of aromatic nitrogens is 2. The highest BCUT2D eigenvalue weighted by molar-refractivity contribution is 6.36. The summed E-state index contributed by atoms with van der Waals surface area (Å²) in [5.74, 6) is -0.243. The fourth-order valence-corrected chi connectivity index (χ4v) is 3.07. The number of nitrogens with zero attached hydrogens (tertiary/aromatic N) is 2. The Bertz CT molecular complexity index is 1050. The average molecular weight is 414 g/mol. The Hall–Kier alpha value is -2.51. The van der Waals surface area contributed by atoms with Crippen LogP contribution in [0.3, 0.4) is 0 Å². The molecule has 27 heavy (non-hydrogen) atoms. The van der Waals surface area contributed by atoms with Gasteiger partial charge in [-0.1, -0.05) is 53.5 Å². The summed E-state index contributed by atoms with van der Waals surface area (Å²) in [6.07, 6.45) is -4.89. The van der Waals surface area contributed by atoms with Crippen LogP contribution in [0, 0.1) is 0 Å². The summed E-state index contributed by atoms with van der Waals surface area (Å²) in [6, 6.07) is 13.0. The molecule has 0 fully saturated rings. The fraction of sp³-hybridized carbons (Fsp3) is 0.111. The second-order valence-corrected chi connectivity index (χ2v) is 6.54. The van der Waals surface area contributed by atoms with Crippen molar-refractivity contribution in [3.05, 3.63) is 80.2 Å². The molecule has 0 bridgehead atoms. The predicted molar refractivity (Wildman–Crippen MR) is 98.9 cm³/mol. The number of rotatable bonds is 3. The number of halogens is 5. The Morgan fingerprint density at radius 1 is 1.07 bits per heavy atom. The van der Waals surface area contributed by atoms with Gasteiger partial charge < -0.3 is 5.73 Å². The van der Waals surface area contributed by atoms with Crippen molar-refractivity contribution < 1.29 is 13.2 Å². The SMILES string of the molecule is Nc1c(C(F)(F)F)nc(-c2ccc(Cl)cc2Cl)n(Cc2ccccc2)c1=O. The number of benzene rings is 2. The molecule has 1 aromatic heterocycles. The fourth-order valence-electron chi connectivity index (χ4n) is 2.57. The third-order valence-electron chi connectivity index (χ3n) is 3.83. The molecule has 0 aliphatic rings. The summed E-state index contributed by atoms with van der Waals surface area (Å²) in [6.45, 7) is -0.0245. The van der Waals surface area contributed by atoms with E-state index in [0.717, 1.165) is 4.57 Å². The molecule has 0 amide bonds. The molecular weight excluding hydrogens is 402 g/mol. The molecular formula is C18H12Cl2F3N3O. The molecule has 0 spiro atoms. The van der Waals surface area contributed by atoms with Crippen molar-refractivity contribution in [2.24, 2.45) is 0 Å². The molecule has 9 heteroatoms. The number of anilines is 1. The first-order chi connectivity index (χ1) is 12.7. The average Bonchev–Trinajstić information content (AvgIpc) is 2.60. The Morgan fingerprint density at radius 2 is 1.74 bits per heavy atom. The molecule has 4 nitrogen and oxygen atoms in total.